The third kappa shape index (κ3) is 3.04. The van der Waals surface area contributed by atoms with Gasteiger partial charge in [-0.2, -0.15) is 4.31 Å². The van der Waals surface area contributed by atoms with Crippen LogP contribution in [0, 0.1) is 0 Å². The number of likely N-dealkylation sites (N-methyl/N-ethyl adjacent to an activating group) is 1. The molecule has 0 aliphatic carbocycles. The quantitative estimate of drug-likeness (QED) is 0.791. The highest BCUT2D eigenvalue weighted by atomic mass is 79.9. The number of sulfonamides is 1. The predicted octanol–water partition coefficient (Wildman–Crippen LogP) is 2.82. The van der Waals surface area contributed by atoms with Gasteiger partial charge in [0.05, 0.1) is 9.92 Å². The monoisotopic (exact) mass is 380 g/mol. The van der Waals surface area contributed by atoms with Crippen LogP contribution in [0.4, 0.5) is 0 Å². The normalized spacial score (nSPS) is 21.1. The van der Waals surface area contributed by atoms with Crippen LogP contribution in [0.3, 0.4) is 0 Å². The van der Waals surface area contributed by atoms with E-state index >= 15 is 0 Å². The molecule has 0 amide bonds. The number of hydrogen-bond acceptors (Lipinski definition) is 3. The number of benzene rings is 1. The Balaban J connectivity index is 2.33. The number of piperazine rings is 1. The summed E-state index contributed by atoms with van der Waals surface area (Å²) in [6, 6.07) is 4.70. The first-order chi connectivity index (χ1) is 9.14. The van der Waals surface area contributed by atoms with E-state index in [9.17, 15) is 8.42 Å². The topological polar surface area (TPSA) is 40.6 Å². The lowest BCUT2D eigenvalue weighted by atomic mass is 10.0. The van der Waals surface area contributed by atoms with E-state index in [1.54, 1.807) is 22.5 Å². The van der Waals surface area contributed by atoms with Crippen LogP contribution < -0.4 is 0 Å². The molecular weight excluding hydrogens is 364 g/mol. The summed E-state index contributed by atoms with van der Waals surface area (Å²) in [4.78, 5) is 2.45. The summed E-state index contributed by atoms with van der Waals surface area (Å²) in [5.74, 6) is 0. The Labute approximate surface area is 133 Å². The van der Waals surface area contributed by atoms with Gasteiger partial charge >= 0.3 is 0 Å². The Morgan fingerprint density at radius 1 is 1.30 bits per heavy atom. The summed E-state index contributed by atoms with van der Waals surface area (Å²) < 4.78 is 27.5. The molecule has 0 aromatic heterocycles. The molecular formula is C13H18BrClN2O2S. The van der Waals surface area contributed by atoms with Crippen molar-refractivity contribution in [1.29, 1.82) is 0 Å². The molecule has 1 aromatic carbocycles. The molecule has 0 saturated carbocycles. The smallest absolute Gasteiger partial charge is 0.243 e. The standard InChI is InChI=1S/C13H18BrClN2O2S/c1-13(2)9-17(7-6-16(13)3)20(18,19)10-4-5-12(15)11(14)8-10/h4-5,8H,6-7,9H2,1-3H3. The van der Waals surface area contributed by atoms with Crippen LogP contribution in [0.1, 0.15) is 13.8 Å². The van der Waals surface area contributed by atoms with Gasteiger partial charge in [-0.1, -0.05) is 11.6 Å². The summed E-state index contributed by atoms with van der Waals surface area (Å²) in [6.07, 6.45) is 0. The van der Waals surface area contributed by atoms with Crippen LogP contribution in [0.15, 0.2) is 27.6 Å². The van der Waals surface area contributed by atoms with E-state index in [2.05, 4.69) is 20.8 Å². The molecule has 1 aliphatic heterocycles. The van der Waals surface area contributed by atoms with Crippen molar-refractivity contribution in [2.24, 2.45) is 0 Å². The van der Waals surface area contributed by atoms with Gasteiger partial charge in [0, 0.05) is 29.6 Å². The molecule has 1 heterocycles. The molecule has 0 N–H and O–H groups in total. The van der Waals surface area contributed by atoms with E-state index in [-0.39, 0.29) is 10.4 Å². The molecule has 1 fully saturated rings. The zero-order chi connectivity index (χ0) is 15.1. The van der Waals surface area contributed by atoms with Crippen LogP contribution in [0.5, 0.6) is 0 Å². The zero-order valence-electron chi connectivity index (χ0n) is 11.7. The number of rotatable bonds is 2. The fraction of sp³-hybridized carbons (Fsp3) is 0.538. The number of hydrogen-bond donors (Lipinski definition) is 0. The summed E-state index contributed by atoms with van der Waals surface area (Å²) in [5.41, 5.74) is -0.172. The Kier molecular flexibility index (Phi) is 4.52. The van der Waals surface area contributed by atoms with Crippen LogP contribution in [-0.2, 0) is 10.0 Å². The van der Waals surface area contributed by atoms with E-state index in [0.717, 1.165) is 6.54 Å². The van der Waals surface area contributed by atoms with Crippen LogP contribution in [0.2, 0.25) is 5.02 Å². The van der Waals surface area contributed by atoms with Gasteiger partial charge in [-0.15, -0.1) is 0 Å². The summed E-state index contributed by atoms with van der Waals surface area (Å²) >= 11 is 9.19. The molecule has 2 rings (SSSR count). The highest BCUT2D eigenvalue weighted by molar-refractivity contribution is 9.10. The maximum atomic E-state index is 12.7. The Morgan fingerprint density at radius 3 is 2.50 bits per heavy atom. The second kappa shape index (κ2) is 5.57. The van der Waals surface area contributed by atoms with Gasteiger partial charge < -0.3 is 0 Å². The van der Waals surface area contributed by atoms with Crippen LogP contribution in [-0.4, -0.2) is 49.8 Å². The SMILES string of the molecule is CN1CCN(S(=O)(=O)c2ccc(Cl)c(Br)c2)CC1(C)C. The van der Waals surface area contributed by atoms with E-state index in [1.807, 2.05) is 20.9 Å². The largest absolute Gasteiger partial charge is 0.299 e. The van der Waals surface area contributed by atoms with Crippen molar-refractivity contribution in [2.75, 3.05) is 26.7 Å². The third-order valence-corrected chi connectivity index (χ3v) is 6.87. The van der Waals surface area contributed by atoms with Crippen molar-refractivity contribution in [3.63, 3.8) is 0 Å². The molecule has 0 atom stereocenters. The van der Waals surface area contributed by atoms with E-state index < -0.39 is 10.0 Å². The van der Waals surface area contributed by atoms with Gasteiger partial charge in [-0.3, -0.25) is 4.90 Å². The minimum Gasteiger partial charge on any atom is -0.299 e. The zero-order valence-corrected chi connectivity index (χ0v) is 14.9. The lowest BCUT2D eigenvalue weighted by Gasteiger charge is -2.44. The molecule has 0 unspecified atom stereocenters. The van der Waals surface area contributed by atoms with E-state index in [1.165, 1.54) is 0 Å². The average Bonchev–Trinajstić information content (AvgIpc) is 2.35. The maximum Gasteiger partial charge on any atom is 0.243 e. The second-order valence-electron chi connectivity index (χ2n) is 5.65. The lowest BCUT2D eigenvalue weighted by molar-refractivity contribution is 0.0801. The fourth-order valence-corrected chi connectivity index (χ4v) is 4.45. The van der Waals surface area contributed by atoms with E-state index in [0.29, 0.717) is 22.6 Å². The summed E-state index contributed by atoms with van der Waals surface area (Å²) in [7, 11) is -1.46. The molecule has 4 nitrogen and oxygen atoms in total. The molecule has 0 radical (unpaired) electrons. The Bertz CT molecular complexity index is 619. The van der Waals surface area contributed by atoms with Crippen molar-refractivity contribution in [2.45, 2.75) is 24.3 Å². The third-order valence-electron chi connectivity index (χ3n) is 3.81. The first-order valence-corrected chi connectivity index (χ1v) is 8.92. The molecule has 112 valence electrons. The van der Waals surface area contributed by atoms with E-state index in [4.69, 9.17) is 11.6 Å². The van der Waals surface area contributed by atoms with Gasteiger partial charge in [0.2, 0.25) is 10.0 Å². The van der Waals surface area contributed by atoms with Gasteiger partial charge in [0.1, 0.15) is 0 Å². The second-order valence-corrected chi connectivity index (χ2v) is 8.85. The molecule has 1 aromatic rings. The lowest BCUT2D eigenvalue weighted by Crippen LogP contribution is -2.58. The fourth-order valence-electron chi connectivity index (χ4n) is 2.19. The summed E-state index contributed by atoms with van der Waals surface area (Å²) in [5, 5.41) is 0.502. The first-order valence-electron chi connectivity index (χ1n) is 6.31. The van der Waals surface area contributed by atoms with Gasteiger partial charge in [0.15, 0.2) is 0 Å². The first kappa shape index (κ1) is 16.2. The van der Waals surface area contributed by atoms with Crippen molar-refractivity contribution < 1.29 is 8.42 Å². The van der Waals surface area contributed by atoms with Gasteiger partial charge in [-0.25, -0.2) is 8.42 Å². The summed E-state index contributed by atoms with van der Waals surface area (Å²) in [6.45, 7) is 5.80. The van der Waals surface area contributed by atoms with Gasteiger partial charge in [-0.05, 0) is 55.0 Å². The van der Waals surface area contributed by atoms with Crippen molar-refractivity contribution in [1.82, 2.24) is 9.21 Å². The van der Waals surface area contributed by atoms with Gasteiger partial charge in [0.25, 0.3) is 0 Å². The molecule has 0 spiro atoms. The molecule has 7 heteroatoms. The Morgan fingerprint density at radius 2 is 1.95 bits per heavy atom. The number of nitrogens with zero attached hydrogens (tertiary/aromatic N) is 2. The molecule has 0 bridgehead atoms. The predicted molar refractivity (Wildman–Crippen MR) is 84.6 cm³/mol. The minimum absolute atomic E-state index is 0.172. The molecule has 1 saturated heterocycles. The molecule has 1 aliphatic rings. The Hall–Kier alpha value is -0.140. The van der Waals surface area contributed by atoms with Crippen molar-refractivity contribution in [3.8, 4) is 0 Å². The van der Waals surface area contributed by atoms with Crippen molar-refractivity contribution in [3.05, 3.63) is 27.7 Å². The van der Waals surface area contributed by atoms with Crippen LogP contribution in [0.25, 0.3) is 0 Å². The maximum absolute atomic E-state index is 12.7. The minimum atomic E-state index is -3.48. The highest BCUT2D eigenvalue weighted by Crippen LogP contribution is 2.29. The van der Waals surface area contributed by atoms with Crippen LogP contribution >= 0.6 is 27.5 Å². The number of halogens is 2. The molecule has 20 heavy (non-hydrogen) atoms. The van der Waals surface area contributed by atoms with Crippen molar-refractivity contribution >= 4 is 37.6 Å². The average molecular weight is 382 g/mol. The highest BCUT2D eigenvalue weighted by Gasteiger charge is 2.37.